The highest BCUT2D eigenvalue weighted by Gasteiger charge is 2.11. The highest BCUT2D eigenvalue weighted by Crippen LogP contribution is 2.34. The molecule has 4 aromatic rings. The number of hydrogen-bond acceptors (Lipinski definition) is 5. The highest BCUT2D eigenvalue weighted by molar-refractivity contribution is 7.13. The molecule has 0 amide bonds. The number of para-hydroxylation sites is 2. The zero-order valence-corrected chi connectivity index (χ0v) is 15.5. The molecule has 6 heteroatoms. The predicted octanol–water partition coefficient (Wildman–Crippen LogP) is 4.62. The minimum Gasteiger partial charge on any atom is -0.493 e. The van der Waals surface area contributed by atoms with E-state index < -0.39 is 0 Å². The maximum Gasteiger partial charge on any atom is 0.161 e. The summed E-state index contributed by atoms with van der Waals surface area (Å²) in [6, 6.07) is 14.0. The lowest BCUT2D eigenvalue weighted by molar-refractivity contribution is 0.311. The smallest absolute Gasteiger partial charge is 0.161 e. The number of hydrogen-bond donors (Lipinski definition) is 0. The molecule has 2 heterocycles. The zero-order valence-electron chi connectivity index (χ0n) is 14.7. The molecule has 0 fully saturated rings. The molecule has 132 valence electrons. The quantitative estimate of drug-likeness (QED) is 0.500. The maximum atomic E-state index is 5.58. The van der Waals surface area contributed by atoms with Crippen LogP contribution in [0.4, 0.5) is 0 Å². The van der Waals surface area contributed by atoms with E-state index in [1.807, 2.05) is 49.6 Å². The van der Waals surface area contributed by atoms with Gasteiger partial charge < -0.3 is 14.0 Å². The van der Waals surface area contributed by atoms with Gasteiger partial charge in [0.05, 0.1) is 43.3 Å². The molecule has 4 rings (SSSR count). The number of ether oxygens (including phenoxy) is 2. The Morgan fingerprint density at radius 2 is 2.00 bits per heavy atom. The first-order valence-electron chi connectivity index (χ1n) is 8.44. The summed E-state index contributed by atoms with van der Waals surface area (Å²) in [5, 5.41) is 3.05. The highest BCUT2D eigenvalue weighted by atomic mass is 32.1. The standard InChI is InChI=1S/C20H19N3O2S/c1-3-25-18-9-8-14(10-19(18)24-2)20-22-15(12-26-20)11-23-13-21-16-6-4-5-7-17(16)23/h4-10,12-13H,3,11H2,1-2H3. The number of imidazole rings is 1. The molecule has 0 aliphatic heterocycles. The number of rotatable bonds is 6. The lowest BCUT2D eigenvalue weighted by Crippen LogP contribution is -1.98. The second-order valence-corrected chi connectivity index (χ2v) is 6.66. The first kappa shape index (κ1) is 16.6. The molecule has 26 heavy (non-hydrogen) atoms. The normalized spacial score (nSPS) is 11.0. The molecule has 0 bridgehead atoms. The van der Waals surface area contributed by atoms with Gasteiger partial charge in [0.15, 0.2) is 11.5 Å². The van der Waals surface area contributed by atoms with Crippen molar-refractivity contribution in [2.24, 2.45) is 0 Å². The molecule has 5 nitrogen and oxygen atoms in total. The van der Waals surface area contributed by atoms with Gasteiger partial charge in [-0.25, -0.2) is 9.97 Å². The van der Waals surface area contributed by atoms with Crippen molar-refractivity contribution in [3.63, 3.8) is 0 Å². The van der Waals surface area contributed by atoms with Crippen LogP contribution >= 0.6 is 11.3 Å². The van der Waals surface area contributed by atoms with Gasteiger partial charge in [-0.3, -0.25) is 0 Å². The molecular weight excluding hydrogens is 346 g/mol. The topological polar surface area (TPSA) is 49.2 Å². The Bertz CT molecular complexity index is 1040. The van der Waals surface area contributed by atoms with Crippen LogP contribution in [-0.4, -0.2) is 28.3 Å². The first-order valence-corrected chi connectivity index (χ1v) is 9.32. The average molecular weight is 365 g/mol. The van der Waals surface area contributed by atoms with Gasteiger partial charge in [-0.05, 0) is 37.3 Å². The largest absolute Gasteiger partial charge is 0.493 e. The van der Waals surface area contributed by atoms with E-state index >= 15 is 0 Å². The number of nitrogens with zero attached hydrogens (tertiary/aromatic N) is 3. The van der Waals surface area contributed by atoms with Crippen LogP contribution in [0.15, 0.2) is 54.2 Å². The molecule has 0 atom stereocenters. The summed E-state index contributed by atoms with van der Waals surface area (Å²) >= 11 is 1.63. The van der Waals surface area contributed by atoms with E-state index in [1.165, 1.54) is 0 Å². The van der Waals surface area contributed by atoms with Gasteiger partial charge in [-0.1, -0.05) is 12.1 Å². The Morgan fingerprint density at radius 1 is 1.12 bits per heavy atom. The number of methoxy groups -OCH3 is 1. The first-order chi connectivity index (χ1) is 12.8. The van der Waals surface area contributed by atoms with Crippen LogP contribution in [-0.2, 0) is 6.54 Å². The summed E-state index contributed by atoms with van der Waals surface area (Å²) in [6.07, 6.45) is 1.86. The molecule has 0 spiro atoms. The summed E-state index contributed by atoms with van der Waals surface area (Å²) in [6.45, 7) is 3.27. The maximum absolute atomic E-state index is 5.58. The second-order valence-electron chi connectivity index (χ2n) is 5.80. The van der Waals surface area contributed by atoms with Crippen LogP contribution < -0.4 is 9.47 Å². The molecule has 0 unspecified atom stereocenters. The molecule has 2 aromatic carbocycles. The number of aromatic nitrogens is 3. The van der Waals surface area contributed by atoms with Gasteiger partial charge in [0, 0.05) is 10.9 Å². The van der Waals surface area contributed by atoms with E-state index in [0.29, 0.717) is 13.2 Å². The third-order valence-corrected chi connectivity index (χ3v) is 5.06. The van der Waals surface area contributed by atoms with Gasteiger partial charge in [0.2, 0.25) is 0 Å². The van der Waals surface area contributed by atoms with Crippen molar-refractivity contribution in [2.75, 3.05) is 13.7 Å². The lowest BCUT2D eigenvalue weighted by Gasteiger charge is -2.09. The molecule has 2 aromatic heterocycles. The molecule has 0 radical (unpaired) electrons. The van der Waals surface area contributed by atoms with Crippen LogP contribution in [0, 0.1) is 0 Å². The molecule has 0 saturated heterocycles. The van der Waals surface area contributed by atoms with Crippen molar-refractivity contribution >= 4 is 22.4 Å². The van der Waals surface area contributed by atoms with E-state index in [-0.39, 0.29) is 0 Å². The fourth-order valence-corrected chi connectivity index (χ4v) is 3.71. The Morgan fingerprint density at radius 3 is 2.85 bits per heavy atom. The molecular formula is C20H19N3O2S. The summed E-state index contributed by atoms with van der Waals surface area (Å²) < 4.78 is 13.1. The van der Waals surface area contributed by atoms with Crippen molar-refractivity contribution in [3.8, 4) is 22.1 Å². The van der Waals surface area contributed by atoms with E-state index in [9.17, 15) is 0 Å². The Hall–Kier alpha value is -2.86. The van der Waals surface area contributed by atoms with Crippen molar-refractivity contribution in [1.82, 2.24) is 14.5 Å². The van der Waals surface area contributed by atoms with Crippen LogP contribution in [0.2, 0.25) is 0 Å². The fourth-order valence-electron chi connectivity index (χ4n) is 2.90. The summed E-state index contributed by atoms with van der Waals surface area (Å²) in [5.41, 5.74) is 4.15. The van der Waals surface area contributed by atoms with Crippen LogP contribution in [0.5, 0.6) is 11.5 Å². The van der Waals surface area contributed by atoms with Crippen molar-refractivity contribution < 1.29 is 9.47 Å². The van der Waals surface area contributed by atoms with Gasteiger partial charge >= 0.3 is 0 Å². The molecule has 0 saturated carbocycles. The van der Waals surface area contributed by atoms with Crippen molar-refractivity contribution in [2.45, 2.75) is 13.5 Å². The number of fused-ring (bicyclic) bond motifs is 1. The van der Waals surface area contributed by atoms with E-state index in [0.717, 1.165) is 38.8 Å². The molecule has 0 aliphatic rings. The van der Waals surface area contributed by atoms with Crippen molar-refractivity contribution in [3.05, 3.63) is 59.9 Å². The lowest BCUT2D eigenvalue weighted by atomic mass is 10.2. The molecule has 0 aliphatic carbocycles. The third-order valence-electron chi connectivity index (χ3n) is 4.12. The number of thiazole rings is 1. The van der Waals surface area contributed by atoms with Gasteiger partial charge in [-0.2, -0.15) is 0 Å². The fraction of sp³-hybridized carbons (Fsp3) is 0.200. The Kier molecular flexibility index (Phi) is 4.58. The minimum atomic E-state index is 0.607. The SMILES string of the molecule is CCOc1ccc(-c2nc(Cn3cnc4ccccc43)cs2)cc1OC. The molecule has 0 N–H and O–H groups in total. The minimum absolute atomic E-state index is 0.607. The van der Waals surface area contributed by atoms with E-state index in [2.05, 4.69) is 21.0 Å². The Labute approximate surface area is 155 Å². The van der Waals surface area contributed by atoms with Crippen LogP contribution in [0.25, 0.3) is 21.6 Å². The van der Waals surface area contributed by atoms with Crippen molar-refractivity contribution in [1.29, 1.82) is 0 Å². The summed E-state index contributed by atoms with van der Waals surface area (Å²) in [4.78, 5) is 9.22. The third kappa shape index (κ3) is 3.15. The van der Waals surface area contributed by atoms with Crippen LogP contribution in [0.3, 0.4) is 0 Å². The van der Waals surface area contributed by atoms with E-state index in [4.69, 9.17) is 14.5 Å². The van der Waals surface area contributed by atoms with Gasteiger partial charge in [-0.15, -0.1) is 11.3 Å². The number of benzene rings is 2. The van der Waals surface area contributed by atoms with Crippen LogP contribution in [0.1, 0.15) is 12.6 Å². The van der Waals surface area contributed by atoms with E-state index in [1.54, 1.807) is 18.4 Å². The Balaban J connectivity index is 1.60. The van der Waals surface area contributed by atoms with Gasteiger partial charge in [0.1, 0.15) is 5.01 Å². The average Bonchev–Trinajstić information content (AvgIpc) is 3.30. The predicted molar refractivity (Wildman–Crippen MR) is 104 cm³/mol. The summed E-state index contributed by atoms with van der Waals surface area (Å²) in [7, 11) is 1.65. The zero-order chi connectivity index (χ0) is 17.9. The monoisotopic (exact) mass is 365 g/mol. The summed E-state index contributed by atoms with van der Waals surface area (Å²) in [5.74, 6) is 1.47. The second kappa shape index (κ2) is 7.17. The van der Waals surface area contributed by atoms with Gasteiger partial charge in [0.25, 0.3) is 0 Å².